The van der Waals surface area contributed by atoms with Gasteiger partial charge in [-0.2, -0.15) is 0 Å². The van der Waals surface area contributed by atoms with Crippen LogP contribution in [0.25, 0.3) is 10.2 Å². The molecule has 6 rings (SSSR count). The first-order chi connectivity index (χ1) is 10.9. The summed E-state index contributed by atoms with van der Waals surface area (Å²) in [7, 11) is 0. The second-order valence-corrected chi connectivity index (χ2v) is 7.71. The molecular formula is C16H21N5S. The molecule has 5 heterocycles. The summed E-state index contributed by atoms with van der Waals surface area (Å²) in [5.41, 5.74) is 1.51. The van der Waals surface area contributed by atoms with Crippen LogP contribution < -0.4 is 5.32 Å². The van der Waals surface area contributed by atoms with E-state index in [-0.39, 0.29) is 0 Å². The molecule has 3 aliphatic heterocycles. The molecule has 22 heavy (non-hydrogen) atoms. The van der Waals surface area contributed by atoms with Crippen LogP contribution in [0.5, 0.6) is 0 Å². The fraction of sp³-hybridized carbons (Fsp3) is 0.625. The fourth-order valence-corrected chi connectivity index (χ4v) is 5.42. The molecule has 1 aliphatic carbocycles. The predicted octanol–water partition coefficient (Wildman–Crippen LogP) is 1.59. The lowest BCUT2D eigenvalue weighted by Gasteiger charge is -2.47. The van der Waals surface area contributed by atoms with Crippen molar-refractivity contribution in [2.75, 3.05) is 44.6 Å². The number of nitrogens with one attached hydrogen (secondary N) is 1. The number of rotatable bonds is 3. The van der Waals surface area contributed by atoms with Gasteiger partial charge in [-0.1, -0.05) is 0 Å². The molecule has 6 heteroatoms. The number of hydrogen-bond donors (Lipinski definition) is 1. The normalized spacial score (nSPS) is 29.9. The molecule has 2 bridgehead atoms. The van der Waals surface area contributed by atoms with Crippen molar-refractivity contribution in [1.29, 1.82) is 0 Å². The molecule has 4 aliphatic rings. The van der Waals surface area contributed by atoms with Gasteiger partial charge in [-0.05, 0) is 24.8 Å². The van der Waals surface area contributed by atoms with E-state index >= 15 is 0 Å². The molecule has 0 spiro atoms. The number of fused-ring (bicyclic) bond motifs is 6. The van der Waals surface area contributed by atoms with Crippen molar-refractivity contribution in [2.45, 2.75) is 25.3 Å². The van der Waals surface area contributed by atoms with Crippen molar-refractivity contribution in [3.8, 4) is 0 Å². The number of anilines is 1. The van der Waals surface area contributed by atoms with E-state index in [1.54, 1.807) is 6.33 Å². The second kappa shape index (κ2) is 5.15. The first-order valence-corrected chi connectivity index (χ1v) is 9.15. The van der Waals surface area contributed by atoms with Gasteiger partial charge in [0.15, 0.2) is 0 Å². The van der Waals surface area contributed by atoms with Gasteiger partial charge in [-0.25, -0.2) is 9.97 Å². The minimum Gasteiger partial charge on any atom is -0.368 e. The maximum Gasteiger partial charge on any atom is 0.138 e. The van der Waals surface area contributed by atoms with E-state index in [0.29, 0.717) is 6.04 Å². The van der Waals surface area contributed by atoms with Gasteiger partial charge in [0, 0.05) is 50.2 Å². The van der Waals surface area contributed by atoms with E-state index < -0.39 is 0 Å². The van der Waals surface area contributed by atoms with Gasteiger partial charge in [-0.15, -0.1) is 11.3 Å². The van der Waals surface area contributed by atoms with Gasteiger partial charge in [-0.3, -0.25) is 9.80 Å². The molecule has 1 N–H and O–H groups in total. The minimum absolute atomic E-state index is 0.624. The Balaban J connectivity index is 1.40. The van der Waals surface area contributed by atoms with Gasteiger partial charge in [0.25, 0.3) is 0 Å². The molecule has 1 unspecified atom stereocenters. The molecule has 0 aromatic carbocycles. The van der Waals surface area contributed by atoms with Crippen molar-refractivity contribution < 1.29 is 0 Å². The van der Waals surface area contributed by atoms with E-state index in [2.05, 4.69) is 25.1 Å². The number of thiophene rings is 1. The number of aryl methyl sites for hydroxylation is 2. The van der Waals surface area contributed by atoms with E-state index in [4.69, 9.17) is 0 Å². The molecule has 3 saturated heterocycles. The molecule has 0 amide bonds. The van der Waals surface area contributed by atoms with Gasteiger partial charge in [0.2, 0.25) is 0 Å². The molecular weight excluding hydrogens is 294 g/mol. The zero-order chi connectivity index (χ0) is 14.5. The highest BCUT2D eigenvalue weighted by Gasteiger charge is 2.31. The van der Waals surface area contributed by atoms with Gasteiger partial charge in [0.05, 0.1) is 5.39 Å². The Bertz CT molecular complexity index is 704. The SMILES string of the molecule is c1nc(NCC2CN3CCN2CC3)c2c3c(sc2n1)CCC3. The Morgan fingerprint density at radius 1 is 1.18 bits per heavy atom. The molecule has 1 atom stereocenters. The maximum atomic E-state index is 4.56. The highest BCUT2D eigenvalue weighted by molar-refractivity contribution is 7.19. The highest BCUT2D eigenvalue weighted by Crippen LogP contribution is 2.39. The summed E-state index contributed by atoms with van der Waals surface area (Å²) >= 11 is 1.86. The summed E-state index contributed by atoms with van der Waals surface area (Å²) in [4.78, 5) is 17.0. The van der Waals surface area contributed by atoms with Crippen LogP contribution in [0, 0.1) is 0 Å². The van der Waals surface area contributed by atoms with E-state index in [1.165, 1.54) is 67.8 Å². The van der Waals surface area contributed by atoms with E-state index in [0.717, 1.165) is 17.2 Å². The second-order valence-electron chi connectivity index (χ2n) is 6.63. The molecule has 0 radical (unpaired) electrons. The van der Waals surface area contributed by atoms with Crippen LogP contribution in [-0.4, -0.2) is 65.1 Å². The number of hydrogen-bond acceptors (Lipinski definition) is 6. The van der Waals surface area contributed by atoms with Crippen molar-refractivity contribution in [3.63, 3.8) is 0 Å². The molecule has 2 aromatic heterocycles. The lowest BCUT2D eigenvalue weighted by molar-refractivity contribution is 0.0189. The number of piperazine rings is 3. The van der Waals surface area contributed by atoms with Crippen LogP contribution in [-0.2, 0) is 12.8 Å². The molecule has 3 fully saturated rings. The zero-order valence-corrected chi connectivity index (χ0v) is 13.5. The number of aromatic nitrogens is 2. The van der Waals surface area contributed by atoms with Crippen LogP contribution >= 0.6 is 11.3 Å². The first kappa shape index (κ1) is 13.2. The molecule has 0 saturated carbocycles. The van der Waals surface area contributed by atoms with Crippen LogP contribution in [0.4, 0.5) is 5.82 Å². The Morgan fingerprint density at radius 2 is 2.09 bits per heavy atom. The van der Waals surface area contributed by atoms with Crippen molar-refractivity contribution in [2.24, 2.45) is 0 Å². The summed E-state index contributed by atoms with van der Waals surface area (Å²) in [6.07, 6.45) is 5.42. The summed E-state index contributed by atoms with van der Waals surface area (Å²) < 4.78 is 0. The van der Waals surface area contributed by atoms with Crippen molar-refractivity contribution >= 4 is 27.4 Å². The summed E-state index contributed by atoms with van der Waals surface area (Å²) in [5.74, 6) is 1.06. The molecule has 5 nitrogen and oxygen atoms in total. The topological polar surface area (TPSA) is 44.3 Å². The van der Waals surface area contributed by atoms with Crippen molar-refractivity contribution in [3.05, 3.63) is 16.8 Å². The van der Waals surface area contributed by atoms with Crippen LogP contribution in [0.2, 0.25) is 0 Å². The van der Waals surface area contributed by atoms with E-state index in [9.17, 15) is 0 Å². The van der Waals surface area contributed by atoms with Gasteiger partial charge in [0.1, 0.15) is 17.0 Å². The monoisotopic (exact) mass is 315 g/mol. The third-order valence-electron chi connectivity index (χ3n) is 5.40. The average molecular weight is 315 g/mol. The van der Waals surface area contributed by atoms with Gasteiger partial charge >= 0.3 is 0 Å². The Kier molecular flexibility index (Phi) is 3.09. The third kappa shape index (κ3) is 2.05. The van der Waals surface area contributed by atoms with Gasteiger partial charge < -0.3 is 5.32 Å². The van der Waals surface area contributed by atoms with Crippen molar-refractivity contribution in [1.82, 2.24) is 19.8 Å². The minimum atomic E-state index is 0.624. The first-order valence-electron chi connectivity index (χ1n) is 8.34. The predicted molar refractivity (Wildman–Crippen MR) is 89.7 cm³/mol. The summed E-state index contributed by atoms with van der Waals surface area (Å²) in [6.45, 7) is 7.12. The zero-order valence-electron chi connectivity index (χ0n) is 12.7. The quantitative estimate of drug-likeness (QED) is 0.932. The van der Waals surface area contributed by atoms with E-state index in [1.807, 2.05) is 11.3 Å². The van der Waals surface area contributed by atoms with Crippen LogP contribution in [0.15, 0.2) is 6.33 Å². The summed E-state index contributed by atoms with van der Waals surface area (Å²) in [5, 5.41) is 4.95. The van der Waals surface area contributed by atoms with Crippen LogP contribution in [0.3, 0.4) is 0 Å². The number of nitrogens with zero attached hydrogens (tertiary/aromatic N) is 4. The Labute approximate surface area is 134 Å². The maximum absolute atomic E-state index is 4.56. The summed E-state index contributed by atoms with van der Waals surface area (Å²) in [6, 6.07) is 0.624. The molecule has 116 valence electrons. The largest absolute Gasteiger partial charge is 0.368 e. The highest BCUT2D eigenvalue weighted by atomic mass is 32.1. The lowest BCUT2D eigenvalue weighted by atomic mass is 10.1. The smallest absolute Gasteiger partial charge is 0.138 e. The average Bonchev–Trinajstić information content (AvgIpc) is 3.14. The third-order valence-corrected chi connectivity index (χ3v) is 6.60. The molecule has 2 aromatic rings. The lowest BCUT2D eigenvalue weighted by Crippen LogP contribution is -2.62. The fourth-order valence-electron chi connectivity index (χ4n) is 4.20. The Morgan fingerprint density at radius 3 is 2.91 bits per heavy atom. The van der Waals surface area contributed by atoms with Crippen LogP contribution in [0.1, 0.15) is 16.9 Å². The Hall–Kier alpha value is -1.24. The standard InChI is InChI=1S/C16H21N5S/c1-2-12-13(3-1)22-16-14(12)15(18-10-19-16)17-8-11-9-20-4-6-21(11)7-5-20/h10-11H,1-9H2,(H,17,18,19).